The van der Waals surface area contributed by atoms with Gasteiger partial charge >= 0.3 is 6.18 Å². The average molecular weight is 271 g/mol. The van der Waals surface area contributed by atoms with Crippen molar-refractivity contribution in [1.29, 1.82) is 0 Å². The third-order valence-corrected chi connectivity index (χ3v) is 2.59. The Morgan fingerprint density at radius 1 is 1.26 bits per heavy atom. The number of nitrogens with zero attached hydrogens (tertiary/aromatic N) is 4. The van der Waals surface area contributed by atoms with Gasteiger partial charge in [0.1, 0.15) is 0 Å². The standard InChI is InChI=1S/C11H12F3N5/c1-2-19-10(16-17-18-19)15-7-8-5-3-4-6-9(8)11(12,13)14/h3-6H,2,7H2,1H3,(H,15,16,18). The second-order valence-electron chi connectivity index (χ2n) is 3.83. The van der Waals surface area contributed by atoms with Crippen LogP contribution in [0.4, 0.5) is 19.1 Å². The van der Waals surface area contributed by atoms with Crippen molar-refractivity contribution in [2.45, 2.75) is 26.2 Å². The molecule has 0 aliphatic rings. The molecule has 0 bridgehead atoms. The van der Waals surface area contributed by atoms with Crippen LogP contribution in [0, 0.1) is 0 Å². The van der Waals surface area contributed by atoms with Crippen LogP contribution in [-0.4, -0.2) is 20.2 Å². The molecular formula is C11H12F3N5. The molecule has 0 amide bonds. The van der Waals surface area contributed by atoms with Gasteiger partial charge in [-0.2, -0.15) is 13.2 Å². The fraction of sp³-hybridized carbons (Fsp3) is 0.364. The molecule has 1 aromatic carbocycles. The molecule has 0 saturated carbocycles. The molecule has 1 N–H and O–H groups in total. The number of alkyl halides is 3. The molecule has 0 radical (unpaired) electrons. The summed E-state index contributed by atoms with van der Waals surface area (Å²) in [5, 5.41) is 13.6. The zero-order valence-corrected chi connectivity index (χ0v) is 10.1. The SMILES string of the molecule is CCn1nnnc1NCc1ccccc1C(F)(F)F. The van der Waals surface area contributed by atoms with Gasteiger partial charge < -0.3 is 5.32 Å². The van der Waals surface area contributed by atoms with Crippen LogP contribution in [-0.2, 0) is 19.3 Å². The maximum atomic E-state index is 12.8. The summed E-state index contributed by atoms with van der Waals surface area (Å²) in [5.74, 6) is 0.347. The monoisotopic (exact) mass is 271 g/mol. The first kappa shape index (κ1) is 13.3. The number of hydrogen-bond donors (Lipinski definition) is 1. The molecular weight excluding hydrogens is 259 g/mol. The van der Waals surface area contributed by atoms with Crippen molar-refractivity contribution in [3.8, 4) is 0 Å². The van der Waals surface area contributed by atoms with E-state index in [4.69, 9.17) is 0 Å². The third-order valence-electron chi connectivity index (χ3n) is 2.59. The zero-order chi connectivity index (χ0) is 13.9. The summed E-state index contributed by atoms with van der Waals surface area (Å²) < 4.78 is 39.8. The Labute approximate surface area is 107 Å². The Bertz CT molecular complexity index is 549. The zero-order valence-electron chi connectivity index (χ0n) is 10.1. The van der Waals surface area contributed by atoms with Crippen LogP contribution < -0.4 is 5.32 Å². The van der Waals surface area contributed by atoms with E-state index in [2.05, 4.69) is 20.8 Å². The fourth-order valence-corrected chi connectivity index (χ4v) is 1.67. The molecule has 0 saturated heterocycles. The lowest BCUT2D eigenvalue weighted by molar-refractivity contribution is -0.138. The second-order valence-corrected chi connectivity index (χ2v) is 3.83. The molecule has 2 aromatic rings. The van der Waals surface area contributed by atoms with Crippen LogP contribution in [0.1, 0.15) is 18.1 Å². The highest BCUT2D eigenvalue weighted by atomic mass is 19.4. The fourth-order valence-electron chi connectivity index (χ4n) is 1.67. The predicted octanol–water partition coefficient (Wildman–Crippen LogP) is 2.32. The number of rotatable bonds is 4. The summed E-state index contributed by atoms with van der Waals surface area (Å²) in [5.41, 5.74) is -0.501. The van der Waals surface area contributed by atoms with Crippen molar-refractivity contribution >= 4 is 5.95 Å². The van der Waals surface area contributed by atoms with Crippen molar-refractivity contribution in [1.82, 2.24) is 20.2 Å². The van der Waals surface area contributed by atoms with Gasteiger partial charge in [-0.05, 0) is 29.0 Å². The molecule has 0 spiro atoms. The molecule has 0 fully saturated rings. The van der Waals surface area contributed by atoms with Gasteiger partial charge in [0.15, 0.2) is 0 Å². The highest BCUT2D eigenvalue weighted by molar-refractivity contribution is 5.33. The van der Waals surface area contributed by atoms with Gasteiger partial charge in [-0.1, -0.05) is 23.3 Å². The number of hydrogen-bond acceptors (Lipinski definition) is 4. The van der Waals surface area contributed by atoms with E-state index >= 15 is 0 Å². The van der Waals surface area contributed by atoms with Crippen LogP contribution in [0.5, 0.6) is 0 Å². The van der Waals surface area contributed by atoms with Gasteiger partial charge in [-0.3, -0.25) is 0 Å². The number of nitrogens with one attached hydrogen (secondary N) is 1. The summed E-state index contributed by atoms with van der Waals surface area (Å²) in [4.78, 5) is 0. The highest BCUT2D eigenvalue weighted by Crippen LogP contribution is 2.31. The Morgan fingerprint density at radius 2 is 2.00 bits per heavy atom. The quantitative estimate of drug-likeness (QED) is 0.927. The number of aryl methyl sites for hydroxylation is 1. The van der Waals surface area contributed by atoms with Crippen molar-refractivity contribution in [2.75, 3.05) is 5.32 Å². The van der Waals surface area contributed by atoms with E-state index in [1.807, 2.05) is 6.92 Å². The molecule has 5 nitrogen and oxygen atoms in total. The maximum absolute atomic E-state index is 12.8. The number of aromatic nitrogens is 4. The minimum absolute atomic E-state index is 0.00998. The van der Waals surface area contributed by atoms with Crippen LogP contribution in [0.3, 0.4) is 0 Å². The molecule has 0 aliphatic heterocycles. The number of tetrazole rings is 1. The van der Waals surface area contributed by atoms with Crippen molar-refractivity contribution in [3.05, 3.63) is 35.4 Å². The molecule has 1 heterocycles. The lowest BCUT2D eigenvalue weighted by Gasteiger charge is -2.13. The van der Waals surface area contributed by atoms with E-state index in [1.54, 1.807) is 6.07 Å². The largest absolute Gasteiger partial charge is 0.416 e. The normalized spacial score (nSPS) is 11.6. The summed E-state index contributed by atoms with van der Waals surface area (Å²) in [7, 11) is 0. The Hall–Kier alpha value is -2.12. The smallest absolute Gasteiger partial charge is 0.349 e. The Balaban J connectivity index is 2.16. The molecule has 0 unspecified atom stereocenters. The lowest BCUT2D eigenvalue weighted by Crippen LogP contribution is -2.13. The minimum Gasteiger partial charge on any atom is -0.349 e. The third kappa shape index (κ3) is 3.01. The van der Waals surface area contributed by atoms with Crippen molar-refractivity contribution < 1.29 is 13.2 Å². The molecule has 102 valence electrons. The first-order chi connectivity index (χ1) is 9.02. The Morgan fingerprint density at radius 3 is 2.68 bits per heavy atom. The Kier molecular flexibility index (Phi) is 3.68. The summed E-state index contributed by atoms with van der Waals surface area (Å²) in [6.07, 6.45) is -4.37. The predicted molar refractivity (Wildman–Crippen MR) is 62.3 cm³/mol. The van der Waals surface area contributed by atoms with Gasteiger partial charge in [0, 0.05) is 13.1 Å². The first-order valence-corrected chi connectivity index (χ1v) is 5.67. The van der Waals surface area contributed by atoms with Crippen molar-refractivity contribution in [3.63, 3.8) is 0 Å². The van der Waals surface area contributed by atoms with Gasteiger partial charge in [0.2, 0.25) is 5.95 Å². The minimum atomic E-state index is -4.37. The van der Waals surface area contributed by atoms with Crippen molar-refractivity contribution in [2.24, 2.45) is 0 Å². The van der Waals surface area contributed by atoms with E-state index in [9.17, 15) is 13.2 Å². The molecule has 19 heavy (non-hydrogen) atoms. The average Bonchev–Trinajstić information content (AvgIpc) is 2.83. The molecule has 0 aliphatic carbocycles. The molecule has 0 atom stereocenters. The highest BCUT2D eigenvalue weighted by Gasteiger charge is 2.32. The number of anilines is 1. The van der Waals surface area contributed by atoms with Crippen LogP contribution in [0.25, 0.3) is 0 Å². The second kappa shape index (κ2) is 5.25. The van der Waals surface area contributed by atoms with E-state index in [0.29, 0.717) is 12.5 Å². The molecule has 8 heteroatoms. The van der Waals surface area contributed by atoms with Crippen LogP contribution in [0.15, 0.2) is 24.3 Å². The molecule has 2 rings (SSSR count). The van der Waals surface area contributed by atoms with Gasteiger partial charge in [-0.25, -0.2) is 4.68 Å². The number of halogens is 3. The van der Waals surface area contributed by atoms with E-state index in [-0.39, 0.29) is 12.1 Å². The molecule has 1 aromatic heterocycles. The van der Waals surface area contributed by atoms with Gasteiger partial charge in [-0.15, -0.1) is 0 Å². The topological polar surface area (TPSA) is 55.6 Å². The summed E-state index contributed by atoms with van der Waals surface area (Å²) >= 11 is 0. The van der Waals surface area contributed by atoms with E-state index < -0.39 is 11.7 Å². The van der Waals surface area contributed by atoms with E-state index in [0.717, 1.165) is 6.07 Å². The summed E-state index contributed by atoms with van der Waals surface area (Å²) in [6.45, 7) is 2.39. The van der Waals surface area contributed by atoms with E-state index in [1.165, 1.54) is 16.8 Å². The van der Waals surface area contributed by atoms with Gasteiger partial charge in [0.25, 0.3) is 0 Å². The lowest BCUT2D eigenvalue weighted by atomic mass is 10.1. The maximum Gasteiger partial charge on any atom is 0.416 e. The summed E-state index contributed by atoms with van der Waals surface area (Å²) in [6, 6.07) is 5.41. The van der Waals surface area contributed by atoms with Gasteiger partial charge in [0.05, 0.1) is 5.56 Å². The van der Waals surface area contributed by atoms with Crippen LogP contribution in [0.2, 0.25) is 0 Å². The first-order valence-electron chi connectivity index (χ1n) is 5.67. The number of benzene rings is 1. The van der Waals surface area contributed by atoms with Crippen LogP contribution >= 0.6 is 0 Å².